The van der Waals surface area contributed by atoms with E-state index in [1.807, 2.05) is 0 Å². The number of benzene rings is 1. The summed E-state index contributed by atoms with van der Waals surface area (Å²) in [6.45, 7) is 0. The van der Waals surface area contributed by atoms with E-state index < -0.39 is 51.5 Å². The predicted octanol–water partition coefficient (Wildman–Crippen LogP) is 2.15. The number of aromatic carboxylic acids is 1. The van der Waals surface area contributed by atoms with Gasteiger partial charge < -0.3 is 25.9 Å². The Kier molecular flexibility index (Phi) is 4.06. The fourth-order valence-corrected chi connectivity index (χ4v) is 3.69. The molecule has 2 aliphatic carbocycles. The van der Waals surface area contributed by atoms with E-state index in [1.165, 1.54) is 4.57 Å². The molecule has 2 aromatic rings. The van der Waals surface area contributed by atoms with Crippen LogP contribution in [0.5, 0.6) is 5.75 Å². The number of rotatable bonds is 4. The van der Waals surface area contributed by atoms with Gasteiger partial charge in [0.1, 0.15) is 11.7 Å². The molecule has 2 atom stereocenters. The van der Waals surface area contributed by atoms with Crippen molar-refractivity contribution in [2.24, 2.45) is 5.73 Å². The molecular weight excluding hydrogens is 360 g/mol. The molecule has 2 fully saturated rings. The minimum Gasteiger partial charge on any atom is -0.483 e. The third-order valence-electron chi connectivity index (χ3n) is 5.29. The van der Waals surface area contributed by atoms with Crippen LogP contribution >= 0.6 is 0 Å². The lowest BCUT2D eigenvalue weighted by atomic mass is 10.1. The second-order valence-electron chi connectivity index (χ2n) is 7.16. The van der Waals surface area contributed by atoms with Crippen molar-refractivity contribution in [3.8, 4) is 5.75 Å². The molecule has 0 bridgehead atoms. The summed E-state index contributed by atoms with van der Waals surface area (Å²) in [6.07, 6.45) is 3.96. The van der Waals surface area contributed by atoms with Crippen molar-refractivity contribution < 1.29 is 23.4 Å². The Hall–Kier alpha value is -2.68. The zero-order valence-electron chi connectivity index (χ0n) is 14.4. The number of anilines is 1. The first-order valence-corrected chi connectivity index (χ1v) is 8.82. The van der Waals surface area contributed by atoms with Crippen molar-refractivity contribution in [2.45, 2.75) is 50.3 Å². The number of hydrogen-bond acceptors (Lipinski definition) is 5. The lowest BCUT2D eigenvalue weighted by molar-refractivity contribution is 0.0695. The van der Waals surface area contributed by atoms with Crippen molar-refractivity contribution in [1.82, 2.24) is 4.57 Å². The fraction of sp³-hybridized carbons (Fsp3) is 0.444. The molecule has 0 saturated heterocycles. The van der Waals surface area contributed by atoms with Crippen molar-refractivity contribution in [1.29, 1.82) is 0 Å². The van der Waals surface area contributed by atoms with Crippen molar-refractivity contribution >= 4 is 22.6 Å². The van der Waals surface area contributed by atoms with E-state index >= 15 is 4.39 Å². The highest BCUT2D eigenvalue weighted by atomic mass is 19.1. The van der Waals surface area contributed by atoms with E-state index in [4.69, 9.17) is 16.2 Å². The van der Waals surface area contributed by atoms with Gasteiger partial charge in [-0.15, -0.1) is 0 Å². The molecule has 1 heterocycles. The monoisotopic (exact) mass is 379 g/mol. The lowest BCUT2D eigenvalue weighted by Gasteiger charge is -2.21. The van der Waals surface area contributed by atoms with Crippen LogP contribution in [0.4, 0.5) is 14.5 Å². The van der Waals surface area contributed by atoms with Crippen molar-refractivity contribution in [2.75, 3.05) is 5.73 Å². The van der Waals surface area contributed by atoms with Gasteiger partial charge in [0, 0.05) is 18.3 Å². The minimum absolute atomic E-state index is 0.174. The van der Waals surface area contributed by atoms with Gasteiger partial charge in [0.15, 0.2) is 17.4 Å². The fourth-order valence-electron chi connectivity index (χ4n) is 3.69. The van der Waals surface area contributed by atoms with Crippen molar-refractivity contribution in [3.63, 3.8) is 0 Å². The molecule has 27 heavy (non-hydrogen) atoms. The number of carboxylic acids is 1. The molecule has 144 valence electrons. The van der Waals surface area contributed by atoms with Gasteiger partial charge in [0.25, 0.3) is 0 Å². The molecule has 2 saturated carbocycles. The normalized spacial score (nSPS) is 22.3. The van der Waals surface area contributed by atoms with Crippen LogP contribution in [0.3, 0.4) is 0 Å². The molecule has 0 spiro atoms. The number of ether oxygens (including phenoxy) is 1. The molecule has 1 aromatic heterocycles. The number of pyridine rings is 1. The summed E-state index contributed by atoms with van der Waals surface area (Å²) in [4.78, 5) is 23.9. The Bertz CT molecular complexity index is 1020. The van der Waals surface area contributed by atoms with Gasteiger partial charge in [-0.1, -0.05) is 0 Å². The summed E-state index contributed by atoms with van der Waals surface area (Å²) in [5.74, 6) is -4.41. The van der Waals surface area contributed by atoms with Crippen LogP contribution in [-0.2, 0) is 0 Å². The highest BCUT2D eigenvalue weighted by Gasteiger charge is 2.34. The third-order valence-corrected chi connectivity index (χ3v) is 5.29. The highest BCUT2D eigenvalue weighted by Crippen LogP contribution is 2.42. The zero-order chi connectivity index (χ0) is 19.5. The van der Waals surface area contributed by atoms with Gasteiger partial charge in [-0.2, -0.15) is 0 Å². The number of nitrogens with two attached hydrogens (primary N) is 2. The molecule has 7 nitrogen and oxygen atoms in total. The molecular formula is C18H19F2N3O4. The van der Waals surface area contributed by atoms with Gasteiger partial charge in [-0.25, -0.2) is 13.6 Å². The molecule has 0 unspecified atom stereocenters. The summed E-state index contributed by atoms with van der Waals surface area (Å²) < 4.78 is 37.0. The van der Waals surface area contributed by atoms with Gasteiger partial charge >= 0.3 is 5.97 Å². The second kappa shape index (κ2) is 6.19. The molecule has 5 N–H and O–H groups in total. The highest BCUT2D eigenvalue weighted by molar-refractivity contribution is 5.98. The van der Waals surface area contributed by atoms with E-state index in [2.05, 4.69) is 0 Å². The van der Waals surface area contributed by atoms with Crippen LogP contribution in [-0.4, -0.2) is 27.8 Å². The molecule has 0 radical (unpaired) electrons. The van der Waals surface area contributed by atoms with Gasteiger partial charge in [-0.05, 0) is 32.1 Å². The molecule has 1 aromatic carbocycles. The Morgan fingerprint density at radius 1 is 1.22 bits per heavy atom. The summed E-state index contributed by atoms with van der Waals surface area (Å²) in [6, 6.07) is -0.520. The molecule has 0 aliphatic heterocycles. The molecule has 9 heteroatoms. The van der Waals surface area contributed by atoms with Crippen LogP contribution in [0.1, 0.15) is 48.5 Å². The number of hydrogen-bond donors (Lipinski definition) is 3. The summed E-state index contributed by atoms with van der Waals surface area (Å²) >= 11 is 0. The number of fused-ring (bicyclic) bond motifs is 1. The second-order valence-corrected chi connectivity index (χ2v) is 7.16. The maximum absolute atomic E-state index is 15.3. The SMILES string of the molecule is Nc1c(F)c(O[C@@H]2CCC[C@@H]2N)c(F)c2c1c(=O)c(C(=O)O)cn2C1CC1. The number of nitrogen functional groups attached to an aromatic ring is 1. The standard InChI is InChI=1S/C18H19F2N3O4/c19-12-14(22)11-15(13(20)17(12)27-10-3-1-2-9(10)21)23(7-4-5-7)6-8(16(11)24)18(25)26/h6-7,9-10H,1-5,21-22H2,(H,25,26)/t9-,10+/m0/s1. The number of aromatic nitrogens is 1. The largest absolute Gasteiger partial charge is 0.483 e. The topological polar surface area (TPSA) is 121 Å². The summed E-state index contributed by atoms with van der Waals surface area (Å²) in [7, 11) is 0. The Balaban J connectivity index is 2.00. The maximum Gasteiger partial charge on any atom is 0.341 e. The summed E-state index contributed by atoms with van der Waals surface area (Å²) in [5, 5.41) is 8.80. The predicted molar refractivity (Wildman–Crippen MR) is 94.0 cm³/mol. The van der Waals surface area contributed by atoms with Crippen molar-refractivity contribution in [3.05, 3.63) is 33.6 Å². The Labute approximate surface area is 152 Å². The van der Waals surface area contributed by atoms with Crippen LogP contribution < -0.4 is 21.6 Å². The smallest absolute Gasteiger partial charge is 0.341 e. The van der Waals surface area contributed by atoms with Crippen LogP contribution in [0, 0.1) is 11.6 Å². The van der Waals surface area contributed by atoms with Gasteiger partial charge in [-0.3, -0.25) is 4.79 Å². The third kappa shape index (κ3) is 2.73. The van der Waals surface area contributed by atoms with E-state index in [-0.39, 0.29) is 17.6 Å². The number of carboxylic acid groups (broad SMARTS) is 1. The minimum atomic E-state index is -1.48. The first-order chi connectivity index (χ1) is 12.8. The average Bonchev–Trinajstić information content (AvgIpc) is 3.39. The van der Waals surface area contributed by atoms with E-state index in [9.17, 15) is 19.1 Å². The van der Waals surface area contributed by atoms with Gasteiger partial charge in [0.2, 0.25) is 5.43 Å². The molecule has 4 rings (SSSR count). The van der Waals surface area contributed by atoms with Crippen LogP contribution in [0.2, 0.25) is 0 Å². The molecule has 2 aliphatic rings. The van der Waals surface area contributed by atoms with Crippen LogP contribution in [0.15, 0.2) is 11.0 Å². The van der Waals surface area contributed by atoms with E-state index in [0.29, 0.717) is 25.7 Å². The first-order valence-electron chi connectivity index (χ1n) is 8.82. The van der Waals surface area contributed by atoms with Crippen LogP contribution in [0.25, 0.3) is 10.9 Å². The quantitative estimate of drug-likeness (QED) is 0.700. The number of nitrogens with zero attached hydrogens (tertiary/aromatic N) is 1. The maximum atomic E-state index is 15.3. The number of halogens is 2. The van der Waals surface area contributed by atoms with E-state index in [0.717, 1.165) is 12.6 Å². The van der Waals surface area contributed by atoms with Gasteiger partial charge in [0.05, 0.1) is 16.6 Å². The average molecular weight is 379 g/mol. The Morgan fingerprint density at radius 2 is 1.93 bits per heavy atom. The summed E-state index contributed by atoms with van der Waals surface area (Å²) in [5.41, 5.74) is 9.28. The van der Waals surface area contributed by atoms with E-state index in [1.54, 1.807) is 0 Å². The Morgan fingerprint density at radius 3 is 2.48 bits per heavy atom. The molecule has 0 amide bonds. The lowest BCUT2D eigenvalue weighted by Crippen LogP contribution is -2.34. The first kappa shape index (κ1) is 17.7. The zero-order valence-corrected chi connectivity index (χ0v) is 14.4. The number of carbonyl (C=O) groups is 1.